The largest absolute Gasteiger partial charge is 0.317 e. The molecule has 0 spiro atoms. The van der Waals surface area contributed by atoms with E-state index in [0.717, 1.165) is 23.8 Å². The maximum Gasteiger partial charge on any atom is 0.00953 e. The van der Waals surface area contributed by atoms with Gasteiger partial charge < -0.3 is 10.2 Å². The summed E-state index contributed by atoms with van der Waals surface area (Å²) >= 11 is 0. The van der Waals surface area contributed by atoms with Crippen LogP contribution in [0.2, 0.25) is 0 Å². The van der Waals surface area contributed by atoms with Crippen molar-refractivity contribution in [2.24, 2.45) is 17.8 Å². The van der Waals surface area contributed by atoms with Gasteiger partial charge in [0.05, 0.1) is 0 Å². The van der Waals surface area contributed by atoms with Gasteiger partial charge in [0.15, 0.2) is 0 Å². The average Bonchev–Trinajstić information content (AvgIpc) is 2.72. The van der Waals surface area contributed by atoms with Gasteiger partial charge in [-0.2, -0.15) is 0 Å². The van der Waals surface area contributed by atoms with Crippen LogP contribution in [0.4, 0.5) is 0 Å². The van der Waals surface area contributed by atoms with Crippen molar-refractivity contribution in [3.8, 4) is 0 Å². The summed E-state index contributed by atoms with van der Waals surface area (Å²) in [4.78, 5) is 2.82. The van der Waals surface area contributed by atoms with Gasteiger partial charge in [-0.1, -0.05) is 33.6 Å². The van der Waals surface area contributed by atoms with Crippen LogP contribution in [0.3, 0.4) is 0 Å². The number of nitrogens with one attached hydrogen (secondary N) is 1. The second-order valence-electron chi connectivity index (χ2n) is 7.45. The van der Waals surface area contributed by atoms with E-state index in [1.54, 1.807) is 0 Å². The SMILES string of the molecule is CCN(CC1CCNCC1)C1CCCC(C(C)C)CC1. The molecule has 118 valence electrons. The van der Waals surface area contributed by atoms with E-state index >= 15 is 0 Å². The zero-order chi connectivity index (χ0) is 14.4. The van der Waals surface area contributed by atoms with Crippen LogP contribution in [0.5, 0.6) is 0 Å². The van der Waals surface area contributed by atoms with Crippen molar-refractivity contribution >= 4 is 0 Å². The molecule has 1 aliphatic heterocycles. The van der Waals surface area contributed by atoms with Gasteiger partial charge in [0.2, 0.25) is 0 Å². The van der Waals surface area contributed by atoms with Crippen LogP contribution in [0.25, 0.3) is 0 Å². The molecular weight excluding hydrogens is 244 g/mol. The monoisotopic (exact) mass is 280 g/mol. The molecule has 1 saturated heterocycles. The van der Waals surface area contributed by atoms with Gasteiger partial charge in [-0.15, -0.1) is 0 Å². The number of piperidine rings is 1. The van der Waals surface area contributed by atoms with Crippen molar-refractivity contribution in [3.05, 3.63) is 0 Å². The van der Waals surface area contributed by atoms with Gasteiger partial charge >= 0.3 is 0 Å². The summed E-state index contributed by atoms with van der Waals surface area (Å²) in [5, 5.41) is 3.50. The van der Waals surface area contributed by atoms with E-state index in [4.69, 9.17) is 0 Å². The lowest BCUT2D eigenvalue weighted by Gasteiger charge is -2.35. The predicted molar refractivity (Wildman–Crippen MR) is 88.0 cm³/mol. The lowest BCUT2D eigenvalue weighted by atomic mass is 9.89. The van der Waals surface area contributed by atoms with Crippen LogP contribution in [-0.2, 0) is 0 Å². The molecule has 0 aromatic heterocycles. The van der Waals surface area contributed by atoms with Crippen molar-refractivity contribution in [2.75, 3.05) is 26.2 Å². The fourth-order valence-corrected chi connectivity index (χ4v) is 4.27. The third-order valence-corrected chi connectivity index (χ3v) is 5.80. The Labute approximate surface area is 126 Å². The van der Waals surface area contributed by atoms with Crippen LogP contribution in [0.1, 0.15) is 65.7 Å². The third-order valence-electron chi connectivity index (χ3n) is 5.80. The smallest absolute Gasteiger partial charge is 0.00953 e. The first-order chi connectivity index (χ1) is 9.70. The van der Waals surface area contributed by atoms with Gasteiger partial charge in [0.1, 0.15) is 0 Å². The van der Waals surface area contributed by atoms with Crippen molar-refractivity contribution in [1.29, 1.82) is 0 Å². The minimum atomic E-state index is 0.874. The number of nitrogens with zero attached hydrogens (tertiary/aromatic N) is 1. The highest BCUT2D eigenvalue weighted by Crippen LogP contribution is 2.31. The summed E-state index contributed by atoms with van der Waals surface area (Å²) in [5.41, 5.74) is 0. The van der Waals surface area contributed by atoms with Gasteiger partial charge in [0, 0.05) is 12.6 Å². The first-order valence-electron chi connectivity index (χ1n) is 9.15. The van der Waals surface area contributed by atoms with Crippen molar-refractivity contribution in [2.45, 2.75) is 71.8 Å². The second-order valence-corrected chi connectivity index (χ2v) is 7.45. The van der Waals surface area contributed by atoms with E-state index in [1.807, 2.05) is 0 Å². The first-order valence-corrected chi connectivity index (χ1v) is 9.15. The standard InChI is InChI=1S/C18H36N2/c1-4-20(14-16-10-12-19-13-11-16)18-7-5-6-17(8-9-18)15(2)3/h15-19H,4-14H2,1-3H3. The van der Waals surface area contributed by atoms with Crippen LogP contribution in [-0.4, -0.2) is 37.1 Å². The van der Waals surface area contributed by atoms with E-state index in [1.165, 1.54) is 71.1 Å². The summed E-state index contributed by atoms with van der Waals surface area (Å²) in [6.45, 7) is 12.3. The van der Waals surface area contributed by atoms with Gasteiger partial charge in [-0.3, -0.25) is 0 Å². The Kier molecular flexibility index (Phi) is 6.83. The minimum Gasteiger partial charge on any atom is -0.317 e. The van der Waals surface area contributed by atoms with Crippen LogP contribution in [0.15, 0.2) is 0 Å². The predicted octanol–water partition coefficient (Wildman–Crippen LogP) is 3.91. The molecule has 2 nitrogen and oxygen atoms in total. The molecule has 1 N–H and O–H groups in total. The second kappa shape index (κ2) is 8.38. The maximum absolute atomic E-state index is 3.50. The highest BCUT2D eigenvalue weighted by molar-refractivity contribution is 4.81. The van der Waals surface area contributed by atoms with Crippen LogP contribution < -0.4 is 5.32 Å². The Morgan fingerprint density at radius 3 is 2.40 bits per heavy atom. The van der Waals surface area contributed by atoms with Crippen molar-refractivity contribution in [1.82, 2.24) is 10.2 Å². The zero-order valence-electron chi connectivity index (χ0n) is 14.0. The number of rotatable bonds is 5. The average molecular weight is 281 g/mol. The molecule has 2 atom stereocenters. The van der Waals surface area contributed by atoms with E-state index in [-0.39, 0.29) is 0 Å². The molecule has 2 aliphatic rings. The highest BCUT2D eigenvalue weighted by Gasteiger charge is 2.26. The lowest BCUT2D eigenvalue weighted by Crippen LogP contribution is -2.41. The molecule has 1 aliphatic carbocycles. The molecule has 20 heavy (non-hydrogen) atoms. The normalized spacial score (nSPS) is 29.9. The maximum atomic E-state index is 3.50. The first kappa shape index (κ1) is 16.3. The quantitative estimate of drug-likeness (QED) is 0.768. The molecule has 0 aromatic rings. The third kappa shape index (κ3) is 4.73. The number of hydrogen-bond donors (Lipinski definition) is 1. The highest BCUT2D eigenvalue weighted by atomic mass is 15.2. The lowest BCUT2D eigenvalue weighted by molar-refractivity contribution is 0.144. The van der Waals surface area contributed by atoms with E-state index in [0.29, 0.717) is 0 Å². The molecule has 2 fully saturated rings. The molecule has 0 bridgehead atoms. The van der Waals surface area contributed by atoms with Crippen LogP contribution in [0, 0.1) is 17.8 Å². The molecule has 0 aromatic carbocycles. The number of hydrogen-bond acceptors (Lipinski definition) is 2. The van der Waals surface area contributed by atoms with Gasteiger partial charge in [-0.05, 0) is 69.5 Å². The summed E-state index contributed by atoms with van der Waals surface area (Å²) < 4.78 is 0. The van der Waals surface area contributed by atoms with Crippen LogP contribution >= 0.6 is 0 Å². The van der Waals surface area contributed by atoms with Gasteiger partial charge in [-0.25, -0.2) is 0 Å². The fourth-order valence-electron chi connectivity index (χ4n) is 4.27. The molecule has 0 radical (unpaired) electrons. The summed E-state index contributed by atoms with van der Waals surface area (Å²) in [7, 11) is 0. The summed E-state index contributed by atoms with van der Waals surface area (Å²) in [5.74, 6) is 2.81. The Balaban J connectivity index is 1.83. The van der Waals surface area contributed by atoms with E-state index < -0.39 is 0 Å². The molecule has 1 heterocycles. The Morgan fingerprint density at radius 2 is 1.75 bits per heavy atom. The van der Waals surface area contributed by atoms with E-state index in [9.17, 15) is 0 Å². The fraction of sp³-hybridized carbons (Fsp3) is 1.00. The molecule has 1 saturated carbocycles. The topological polar surface area (TPSA) is 15.3 Å². The minimum absolute atomic E-state index is 0.874. The summed E-state index contributed by atoms with van der Waals surface area (Å²) in [6, 6.07) is 0.874. The Morgan fingerprint density at radius 1 is 1.00 bits per heavy atom. The Bertz CT molecular complexity index is 258. The molecule has 2 rings (SSSR count). The van der Waals surface area contributed by atoms with Gasteiger partial charge in [0.25, 0.3) is 0 Å². The molecule has 2 unspecified atom stereocenters. The summed E-state index contributed by atoms with van der Waals surface area (Å²) in [6.07, 6.45) is 10.1. The molecule has 2 heteroatoms. The molecule has 0 amide bonds. The molecular formula is C18H36N2. The Hall–Kier alpha value is -0.0800. The van der Waals surface area contributed by atoms with E-state index in [2.05, 4.69) is 31.0 Å². The zero-order valence-corrected chi connectivity index (χ0v) is 14.0. The van der Waals surface area contributed by atoms with Crippen molar-refractivity contribution in [3.63, 3.8) is 0 Å². The van der Waals surface area contributed by atoms with Crippen molar-refractivity contribution < 1.29 is 0 Å².